The first kappa shape index (κ1) is 37.0. The first-order valence-corrected chi connectivity index (χ1v) is 21.7. The molecule has 242 valence electrons. The van der Waals surface area contributed by atoms with Gasteiger partial charge in [0.15, 0.2) is 17.4 Å². The van der Waals surface area contributed by atoms with E-state index in [1.165, 1.54) is 49.9 Å². The van der Waals surface area contributed by atoms with Crippen LogP contribution in [0, 0.1) is 17.5 Å². The minimum Gasteiger partial charge on any atom is -0.539 e. The summed E-state index contributed by atoms with van der Waals surface area (Å²) in [5, 5.41) is 0. The van der Waals surface area contributed by atoms with Crippen LogP contribution < -0.4 is 4.43 Å². The number of benzene rings is 1. The second kappa shape index (κ2) is 16.7. The first-order valence-electron chi connectivity index (χ1n) is 16.5. The monoisotopic (exact) mass is 636 g/mol. The second-order valence-corrected chi connectivity index (χ2v) is 22.4. The van der Waals surface area contributed by atoms with Crippen LogP contribution in [0.3, 0.4) is 0 Å². The summed E-state index contributed by atoms with van der Waals surface area (Å²) in [5.41, 5.74) is -2.86. The van der Waals surface area contributed by atoms with Gasteiger partial charge in [0.25, 0.3) is 14.2 Å². The lowest BCUT2D eigenvalue weighted by atomic mass is 10.1. The van der Waals surface area contributed by atoms with E-state index in [1.54, 1.807) is 0 Å². The molecular formula is C33H54F6OSi2. The average Bonchev–Trinajstić information content (AvgIpc) is 3.17. The largest absolute Gasteiger partial charge is 0.539 e. The van der Waals surface area contributed by atoms with E-state index in [2.05, 4.69) is 27.7 Å². The molecule has 1 aliphatic rings. The summed E-state index contributed by atoms with van der Waals surface area (Å²) in [4.78, 5) is 0. The first-order chi connectivity index (χ1) is 19.8. The molecule has 0 spiro atoms. The smallest absolute Gasteiger partial charge is 0.298 e. The van der Waals surface area contributed by atoms with E-state index >= 15 is 8.78 Å². The lowest BCUT2D eigenvalue weighted by molar-refractivity contribution is 0.0502. The van der Waals surface area contributed by atoms with Crippen LogP contribution in [-0.4, -0.2) is 16.4 Å². The maximum atomic E-state index is 15.5. The van der Waals surface area contributed by atoms with Crippen molar-refractivity contribution in [3.05, 3.63) is 34.7 Å². The fraction of sp³-hybridized carbons (Fsp3) is 0.758. The van der Waals surface area contributed by atoms with Gasteiger partial charge in [-0.05, 0) is 17.6 Å². The van der Waals surface area contributed by atoms with Crippen molar-refractivity contribution in [2.24, 2.45) is 0 Å². The van der Waals surface area contributed by atoms with E-state index in [0.717, 1.165) is 44.9 Å². The van der Waals surface area contributed by atoms with Crippen LogP contribution in [0.15, 0.2) is 6.08 Å². The van der Waals surface area contributed by atoms with Crippen molar-refractivity contribution in [2.75, 3.05) is 0 Å². The Hall–Kier alpha value is -1.23. The molecule has 0 amide bonds. The summed E-state index contributed by atoms with van der Waals surface area (Å²) in [7, 11) is -4.19. The predicted octanol–water partition coefficient (Wildman–Crippen LogP) is 13.1. The SMILES string of the molecule is CCCCCC[Si](CCCCCC[Si](CCC)(CCC)CCC)(Oc1c(F)c(F)c2c(c1F)C(F)=CC2(F)F)C(C)C. The number of hydrogen-bond acceptors (Lipinski definition) is 1. The Bertz CT molecular complexity index is 1010. The van der Waals surface area contributed by atoms with E-state index in [-0.39, 0.29) is 11.6 Å². The maximum Gasteiger partial charge on any atom is 0.298 e. The second-order valence-electron chi connectivity index (χ2n) is 12.9. The molecule has 0 radical (unpaired) electrons. The van der Waals surface area contributed by atoms with Crippen molar-refractivity contribution >= 4 is 22.2 Å². The molecule has 1 unspecified atom stereocenters. The lowest BCUT2D eigenvalue weighted by Crippen LogP contribution is -2.45. The van der Waals surface area contributed by atoms with Crippen molar-refractivity contribution in [3.8, 4) is 5.75 Å². The Morgan fingerprint density at radius 2 is 1.14 bits per heavy atom. The van der Waals surface area contributed by atoms with Gasteiger partial charge in [0, 0.05) is 6.08 Å². The minimum atomic E-state index is -4.12. The fourth-order valence-corrected chi connectivity index (χ4v) is 17.0. The van der Waals surface area contributed by atoms with Gasteiger partial charge < -0.3 is 4.43 Å². The third kappa shape index (κ3) is 8.92. The molecule has 0 heterocycles. The van der Waals surface area contributed by atoms with Crippen LogP contribution >= 0.6 is 0 Å². The number of hydrogen-bond donors (Lipinski definition) is 0. The normalized spacial score (nSPS) is 16.1. The fourth-order valence-electron chi connectivity index (χ4n) is 7.16. The quantitative estimate of drug-likeness (QED) is 0.0565. The van der Waals surface area contributed by atoms with Gasteiger partial charge in [-0.2, -0.15) is 13.2 Å². The lowest BCUT2D eigenvalue weighted by Gasteiger charge is -2.36. The van der Waals surface area contributed by atoms with Crippen molar-refractivity contribution in [1.82, 2.24) is 0 Å². The third-order valence-electron chi connectivity index (χ3n) is 9.37. The van der Waals surface area contributed by atoms with Gasteiger partial charge in [-0.1, -0.05) is 136 Å². The molecule has 42 heavy (non-hydrogen) atoms. The number of alkyl halides is 2. The zero-order valence-electron chi connectivity index (χ0n) is 26.9. The topological polar surface area (TPSA) is 9.23 Å². The highest BCUT2D eigenvalue weighted by Crippen LogP contribution is 2.50. The van der Waals surface area contributed by atoms with E-state index in [1.807, 2.05) is 13.8 Å². The Kier molecular flexibility index (Phi) is 14.7. The molecule has 1 aliphatic carbocycles. The molecule has 0 saturated carbocycles. The molecule has 0 bridgehead atoms. The molecule has 1 aromatic rings. The molecular weight excluding hydrogens is 583 g/mol. The zero-order chi connectivity index (χ0) is 31.6. The summed E-state index contributed by atoms with van der Waals surface area (Å²) in [6, 6.07) is 6.76. The summed E-state index contributed by atoms with van der Waals surface area (Å²) < 4.78 is 94.6. The maximum absolute atomic E-state index is 15.5. The summed E-state index contributed by atoms with van der Waals surface area (Å²) in [5.74, 6) is -12.0. The van der Waals surface area contributed by atoms with Gasteiger partial charge in [0.1, 0.15) is 5.83 Å². The molecule has 1 nitrogen and oxygen atoms in total. The highest BCUT2D eigenvalue weighted by Gasteiger charge is 2.48. The van der Waals surface area contributed by atoms with E-state index in [0.29, 0.717) is 12.1 Å². The average molecular weight is 637 g/mol. The van der Waals surface area contributed by atoms with Crippen LogP contribution in [0.25, 0.3) is 5.83 Å². The number of unbranched alkanes of at least 4 members (excludes halogenated alkanes) is 6. The highest BCUT2D eigenvalue weighted by molar-refractivity contribution is 6.79. The van der Waals surface area contributed by atoms with Gasteiger partial charge in [0.05, 0.1) is 19.2 Å². The van der Waals surface area contributed by atoms with Crippen molar-refractivity contribution in [2.45, 2.75) is 160 Å². The summed E-state index contributed by atoms with van der Waals surface area (Å²) in [6.45, 7) is 12.9. The Morgan fingerprint density at radius 1 is 0.643 bits per heavy atom. The predicted molar refractivity (Wildman–Crippen MR) is 169 cm³/mol. The van der Waals surface area contributed by atoms with E-state index < -0.39 is 62.5 Å². The zero-order valence-corrected chi connectivity index (χ0v) is 28.9. The number of fused-ring (bicyclic) bond motifs is 1. The van der Waals surface area contributed by atoms with Crippen molar-refractivity contribution in [3.63, 3.8) is 0 Å². The van der Waals surface area contributed by atoms with Crippen LogP contribution in [0.2, 0.25) is 41.8 Å². The minimum absolute atomic E-state index is 0.0604. The summed E-state index contributed by atoms with van der Waals surface area (Å²) in [6.07, 6.45) is 11.4. The number of rotatable bonds is 21. The van der Waals surface area contributed by atoms with Gasteiger partial charge >= 0.3 is 0 Å². The number of halogens is 6. The van der Waals surface area contributed by atoms with Crippen molar-refractivity contribution in [1.29, 1.82) is 0 Å². The molecule has 0 N–H and O–H groups in total. The highest BCUT2D eigenvalue weighted by atomic mass is 28.4. The van der Waals surface area contributed by atoms with Gasteiger partial charge in [-0.3, -0.25) is 0 Å². The number of allylic oxidation sites excluding steroid dienone is 1. The molecule has 9 heteroatoms. The van der Waals surface area contributed by atoms with Crippen LogP contribution in [0.5, 0.6) is 5.75 Å². The van der Waals surface area contributed by atoms with E-state index in [9.17, 15) is 17.6 Å². The third-order valence-corrected chi connectivity index (χ3v) is 20.6. The Morgan fingerprint density at radius 3 is 1.62 bits per heavy atom. The van der Waals surface area contributed by atoms with E-state index in [4.69, 9.17) is 4.43 Å². The van der Waals surface area contributed by atoms with Crippen LogP contribution in [0.1, 0.15) is 123 Å². The summed E-state index contributed by atoms with van der Waals surface area (Å²) >= 11 is 0. The molecule has 0 saturated heterocycles. The molecule has 1 aromatic carbocycles. The molecule has 0 aliphatic heterocycles. The standard InChI is InChI=1S/C33H54F6OSi2/c1-7-11-12-16-22-42(25(5)6,23-17-14-13-15-21-41(18-8-2,19-9-3)20-10-4)40-32-29(35)27-26(34)24-33(38,39)28(27)30(36)31(32)37/h24-25H,7-23H2,1-6H3. The molecule has 1 atom stereocenters. The van der Waals surface area contributed by atoms with Crippen LogP contribution in [0.4, 0.5) is 26.3 Å². The molecule has 2 rings (SSSR count). The van der Waals surface area contributed by atoms with Crippen molar-refractivity contribution < 1.29 is 30.8 Å². The Labute approximate surface area is 253 Å². The van der Waals surface area contributed by atoms with Crippen LogP contribution in [-0.2, 0) is 5.92 Å². The van der Waals surface area contributed by atoms with Gasteiger partial charge in [-0.15, -0.1) is 0 Å². The molecule has 0 fully saturated rings. The molecule has 0 aromatic heterocycles. The Balaban J connectivity index is 2.26. The van der Waals surface area contributed by atoms with Gasteiger partial charge in [-0.25, -0.2) is 13.2 Å². The van der Waals surface area contributed by atoms with Gasteiger partial charge in [0.2, 0.25) is 5.82 Å².